The van der Waals surface area contributed by atoms with E-state index in [1.54, 1.807) is 0 Å². The molecule has 4 heteroatoms. The Bertz CT molecular complexity index is 276. The predicted molar refractivity (Wildman–Crippen MR) is 59.4 cm³/mol. The van der Waals surface area contributed by atoms with Crippen LogP contribution in [-0.2, 0) is 0 Å². The summed E-state index contributed by atoms with van der Waals surface area (Å²) in [5.74, 6) is 0. The van der Waals surface area contributed by atoms with Gasteiger partial charge in [0.2, 0.25) is 0 Å². The van der Waals surface area contributed by atoms with Crippen molar-refractivity contribution in [1.82, 2.24) is 0 Å². The van der Waals surface area contributed by atoms with E-state index >= 15 is 0 Å². The lowest BCUT2D eigenvalue weighted by molar-refractivity contribution is 0.732. The van der Waals surface area contributed by atoms with Crippen molar-refractivity contribution in [3.8, 4) is 0 Å². The molecule has 0 aliphatic heterocycles. The number of nitrogens with two attached hydrogens (primary N) is 2. The summed E-state index contributed by atoms with van der Waals surface area (Å²) >= 11 is 5.79. The van der Waals surface area contributed by atoms with E-state index in [1.807, 2.05) is 25.1 Å². The van der Waals surface area contributed by atoms with E-state index in [1.165, 1.54) is 0 Å². The summed E-state index contributed by atoms with van der Waals surface area (Å²) in [4.78, 5) is 0. The predicted octanol–water partition coefficient (Wildman–Crippen LogP) is 2.03. The van der Waals surface area contributed by atoms with E-state index in [-0.39, 0.29) is 18.4 Å². The van der Waals surface area contributed by atoms with Crippen LogP contribution in [0.15, 0.2) is 18.2 Å². The molecular weight excluding hydrogens is 207 g/mol. The highest BCUT2D eigenvalue weighted by Crippen LogP contribution is 2.19. The fraction of sp³-hybridized carbons (Fsp3) is 0.333. The van der Waals surface area contributed by atoms with Gasteiger partial charge < -0.3 is 11.5 Å². The van der Waals surface area contributed by atoms with Gasteiger partial charge in [0.1, 0.15) is 0 Å². The molecule has 0 aliphatic rings. The van der Waals surface area contributed by atoms with Gasteiger partial charge in [0.05, 0.1) is 0 Å². The summed E-state index contributed by atoms with van der Waals surface area (Å²) < 4.78 is 0. The molecule has 0 unspecified atom stereocenters. The molecule has 0 aliphatic carbocycles. The molecular formula is C9H14Cl2N2. The monoisotopic (exact) mass is 220 g/mol. The maximum atomic E-state index is 5.79. The molecule has 1 rings (SSSR count). The summed E-state index contributed by atoms with van der Waals surface area (Å²) in [6, 6.07) is 5.57. The Kier molecular flexibility index (Phi) is 5.33. The fourth-order valence-electron chi connectivity index (χ4n) is 1.18. The quantitative estimate of drug-likeness (QED) is 0.802. The maximum Gasteiger partial charge on any atom is 0.0422 e. The average molecular weight is 221 g/mol. The standard InChI is InChI=1S/C9H13ClN2.ClH/c1-6-4-7(10)2-3-8(6)9(12)5-11;/h2-4,9H,5,11-12H2,1H3;1H/t9-;/m0./s1. The van der Waals surface area contributed by atoms with E-state index in [0.717, 1.165) is 16.1 Å². The second kappa shape index (κ2) is 5.45. The Morgan fingerprint density at radius 1 is 1.46 bits per heavy atom. The molecule has 4 N–H and O–H groups in total. The van der Waals surface area contributed by atoms with Crippen LogP contribution in [0.4, 0.5) is 0 Å². The van der Waals surface area contributed by atoms with Crippen molar-refractivity contribution in [2.75, 3.05) is 6.54 Å². The Labute approximate surface area is 89.7 Å². The van der Waals surface area contributed by atoms with Crippen molar-refractivity contribution in [3.63, 3.8) is 0 Å². The zero-order chi connectivity index (χ0) is 9.14. The lowest BCUT2D eigenvalue weighted by Crippen LogP contribution is -2.21. The molecule has 0 fully saturated rings. The molecule has 0 aromatic heterocycles. The second-order valence-electron chi connectivity index (χ2n) is 2.84. The van der Waals surface area contributed by atoms with Crippen LogP contribution in [0.3, 0.4) is 0 Å². The van der Waals surface area contributed by atoms with Crippen LogP contribution in [0.25, 0.3) is 0 Å². The molecule has 0 saturated carbocycles. The third kappa shape index (κ3) is 3.16. The lowest BCUT2D eigenvalue weighted by atomic mass is 10.0. The SMILES string of the molecule is Cc1cc(Cl)ccc1[C@@H](N)CN.Cl. The molecule has 0 radical (unpaired) electrons. The van der Waals surface area contributed by atoms with Gasteiger partial charge in [-0.25, -0.2) is 0 Å². The van der Waals surface area contributed by atoms with Gasteiger partial charge >= 0.3 is 0 Å². The summed E-state index contributed by atoms with van der Waals surface area (Å²) in [5.41, 5.74) is 13.4. The van der Waals surface area contributed by atoms with Crippen molar-refractivity contribution < 1.29 is 0 Å². The van der Waals surface area contributed by atoms with Crippen molar-refractivity contribution >= 4 is 24.0 Å². The number of aryl methyl sites for hydroxylation is 1. The van der Waals surface area contributed by atoms with E-state index < -0.39 is 0 Å². The molecule has 0 amide bonds. The summed E-state index contributed by atoms with van der Waals surface area (Å²) in [7, 11) is 0. The maximum absolute atomic E-state index is 5.79. The first-order valence-corrected chi connectivity index (χ1v) is 4.24. The summed E-state index contributed by atoms with van der Waals surface area (Å²) in [6.45, 7) is 2.44. The van der Waals surface area contributed by atoms with Crippen molar-refractivity contribution in [3.05, 3.63) is 34.3 Å². The number of rotatable bonds is 2. The molecule has 1 atom stereocenters. The van der Waals surface area contributed by atoms with Gasteiger partial charge in [0.15, 0.2) is 0 Å². The molecule has 2 nitrogen and oxygen atoms in total. The normalized spacial score (nSPS) is 12.0. The molecule has 13 heavy (non-hydrogen) atoms. The van der Waals surface area contributed by atoms with E-state index in [4.69, 9.17) is 23.1 Å². The highest BCUT2D eigenvalue weighted by molar-refractivity contribution is 6.30. The first-order valence-electron chi connectivity index (χ1n) is 3.87. The lowest BCUT2D eigenvalue weighted by Gasteiger charge is -2.12. The zero-order valence-corrected chi connectivity index (χ0v) is 9.03. The molecule has 1 aromatic carbocycles. The fourth-order valence-corrected chi connectivity index (χ4v) is 1.41. The number of benzene rings is 1. The van der Waals surface area contributed by atoms with E-state index in [9.17, 15) is 0 Å². The molecule has 0 bridgehead atoms. The van der Waals surface area contributed by atoms with Gasteiger partial charge in [-0.2, -0.15) is 0 Å². The molecule has 0 spiro atoms. The van der Waals surface area contributed by atoms with E-state index in [0.29, 0.717) is 6.54 Å². The van der Waals surface area contributed by atoms with Gasteiger partial charge in [-0.3, -0.25) is 0 Å². The molecule has 0 saturated heterocycles. The topological polar surface area (TPSA) is 52.0 Å². The van der Waals surface area contributed by atoms with Gasteiger partial charge in [0.25, 0.3) is 0 Å². The van der Waals surface area contributed by atoms with Gasteiger partial charge in [-0.15, -0.1) is 12.4 Å². The van der Waals surface area contributed by atoms with Crippen LogP contribution in [-0.4, -0.2) is 6.54 Å². The Morgan fingerprint density at radius 2 is 2.08 bits per heavy atom. The number of hydrogen-bond donors (Lipinski definition) is 2. The smallest absolute Gasteiger partial charge is 0.0422 e. The summed E-state index contributed by atoms with van der Waals surface area (Å²) in [6.07, 6.45) is 0. The van der Waals surface area contributed by atoms with Crippen LogP contribution in [0.2, 0.25) is 5.02 Å². The first-order chi connectivity index (χ1) is 5.65. The molecule has 1 aromatic rings. The van der Waals surface area contributed by atoms with Crippen molar-refractivity contribution in [2.24, 2.45) is 11.5 Å². The van der Waals surface area contributed by atoms with Gasteiger partial charge in [-0.05, 0) is 30.2 Å². The Morgan fingerprint density at radius 3 is 2.54 bits per heavy atom. The van der Waals surface area contributed by atoms with Crippen LogP contribution in [0.1, 0.15) is 17.2 Å². The van der Waals surface area contributed by atoms with Crippen LogP contribution < -0.4 is 11.5 Å². The molecule has 74 valence electrons. The minimum atomic E-state index is -0.0812. The minimum absolute atomic E-state index is 0. The Hall–Kier alpha value is -0.280. The second-order valence-corrected chi connectivity index (χ2v) is 3.28. The third-order valence-corrected chi connectivity index (χ3v) is 2.12. The Balaban J connectivity index is 0.00000144. The van der Waals surface area contributed by atoms with Crippen LogP contribution >= 0.6 is 24.0 Å². The highest BCUT2D eigenvalue weighted by atomic mass is 35.5. The molecule has 0 heterocycles. The van der Waals surface area contributed by atoms with Gasteiger partial charge in [-0.1, -0.05) is 17.7 Å². The number of hydrogen-bond acceptors (Lipinski definition) is 2. The largest absolute Gasteiger partial charge is 0.329 e. The summed E-state index contributed by atoms with van der Waals surface area (Å²) in [5, 5.41) is 0.737. The minimum Gasteiger partial charge on any atom is -0.329 e. The number of halogens is 2. The highest BCUT2D eigenvalue weighted by Gasteiger charge is 2.06. The first kappa shape index (κ1) is 12.7. The van der Waals surface area contributed by atoms with E-state index in [2.05, 4.69) is 0 Å². The average Bonchev–Trinajstić information content (AvgIpc) is 2.03. The third-order valence-electron chi connectivity index (χ3n) is 1.89. The zero-order valence-electron chi connectivity index (χ0n) is 7.46. The van der Waals surface area contributed by atoms with Crippen LogP contribution in [0.5, 0.6) is 0 Å². The van der Waals surface area contributed by atoms with Gasteiger partial charge in [0, 0.05) is 17.6 Å². The van der Waals surface area contributed by atoms with Crippen molar-refractivity contribution in [1.29, 1.82) is 0 Å². The van der Waals surface area contributed by atoms with Crippen molar-refractivity contribution in [2.45, 2.75) is 13.0 Å². The van der Waals surface area contributed by atoms with Crippen LogP contribution in [0, 0.1) is 6.92 Å².